The van der Waals surface area contributed by atoms with E-state index in [9.17, 15) is 8.42 Å². The molecule has 1 aromatic heterocycles. The van der Waals surface area contributed by atoms with Crippen molar-refractivity contribution in [2.24, 2.45) is 7.05 Å². The van der Waals surface area contributed by atoms with E-state index in [1.165, 1.54) is 0 Å². The van der Waals surface area contributed by atoms with Gasteiger partial charge < -0.3 is 0 Å². The molecular weight excluding hydrogens is 274 g/mol. The van der Waals surface area contributed by atoms with Gasteiger partial charge in [-0.3, -0.25) is 4.68 Å². The lowest BCUT2D eigenvalue weighted by atomic mass is 10.0. The van der Waals surface area contributed by atoms with Gasteiger partial charge in [0.15, 0.2) is 0 Å². The van der Waals surface area contributed by atoms with Crippen LogP contribution in [0.15, 0.2) is 4.90 Å². The monoisotopic (exact) mass is 293 g/mol. The Balaban J connectivity index is 3.24. The molecule has 0 aromatic carbocycles. The summed E-state index contributed by atoms with van der Waals surface area (Å²) < 4.78 is 29.0. The van der Waals surface area contributed by atoms with Crippen molar-refractivity contribution in [2.45, 2.75) is 50.4 Å². The normalized spacial score (nSPS) is 14.8. The van der Waals surface area contributed by atoms with Crippen LogP contribution in [-0.2, 0) is 17.1 Å². The minimum atomic E-state index is -3.62. The second-order valence-electron chi connectivity index (χ2n) is 5.07. The van der Waals surface area contributed by atoms with Gasteiger partial charge in [-0.25, -0.2) is 13.1 Å². The summed E-state index contributed by atoms with van der Waals surface area (Å²) in [5.41, 5.74) is 0.369. The largest absolute Gasteiger partial charge is 0.271 e. The van der Waals surface area contributed by atoms with Gasteiger partial charge in [0.05, 0.1) is 11.4 Å². The Kier molecular flexibility index (Phi) is 4.15. The highest BCUT2D eigenvalue weighted by molar-refractivity contribution is 7.89. The summed E-state index contributed by atoms with van der Waals surface area (Å²) in [6, 6.07) is 0. The maximum atomic E-state index is 12.4. The molecule has 1 unspecified atom stereocenters. The second-order valence-corrected chi connectivity index (χ2v) is 7.34. The summed E-state index contributed by atoms with van der Waals surface area (Å²) in [6.45, 7) is 8.67. The van der Waals surface area contributed by atoms with Gasteiger partial charge in [0.2, 0.25) is 10.0 Å². The van der Waals surface area contributed by atoms with Crippen LogP contribution in [0.5, 0.6) is 0 Å². The number of rotatable bonds is 4. The second kappa shape index (κ2) is 4.83. The van der Waals surface area contributed by atoms with E-state index >= 15 is 0 Å². The number of nitrogens with one attached hydrogen (secondary N) is 1. The standard InChI is InChI=1S/C11H20ClN3O2S/c1-7-10(8(2)15(6)13-7)18(16,17)14-11(4,5)9(3)12/h9,14H,1-6H3. The number of aromatic nitrogens is 2. The summed E-state index contributed by atoms with van der Waals surface area (Å²) in [5, 5.41) is 3.79. The quantitative estimate of drug-likeness (QED) is 0.860. The van der Waals surface area contributed by atoms with Crippen LogP contribution >= 0.6 is 11.6 Å². The summed E-state index contributed by atoms with van der Waals surface area (Å²) >= 11 is 6.00. The molecule has 0 bridgehead atoms. The highest BCUT2D eigenvalue weighted by Crippen LogP contribution is 2.23. The fraction of sp³-hybridized carbons (Fsp3) is 0.727. The fourth-order valence-corrected chi connectivity index (χ4v) is 3.66. The molecule has 0 fully saturated rings. The number of aryl methyl sites for hydroxylation is 2. The molecule has 0 radical (unpaired) electrons. The van der Waals surface area contributed by atoms with Crippen molar-refractivity contribution >= 4 is 21.6 Å². The van der Waals surface area contributed by atoms with Crippen molar-refractivity contribution in [3.05, 3.63) is 11.4 Å². The molecule has 1 aromatic rings. The van der Waals surface area contributed by atoms with Crippen LogP contribution in [-0.4, -0.2) is 29.1 Å². The SMILES string of the molecule is Cc1nn(C)c(C)c1S(=O)(=O)NC(C)(C)C(C)Cl. The maximum Gasteiger partial charge on any atom is 0.244 e. The number of nitrogens with zero attached hydrogens (tertiary/aromatic N) is 2. The number of halogens is 1. The predicted octanol–water partition coefficient (Wildman–Crippen LogP) is 1.72. The van der Waals surface area contributed by atoms with E-state index in [4.69, 9.17) is 11.6 Å². The molecule has 0 saturated carbocycles. The topological polar surface area (TPSA) is 64.0 Å². The zero-order chi connectivity index (χ0) is 14.3. The highest BCUT2D eigenvalue weighted by Gasteiger charge is 2.33. The third-order valence-corrected chi connectivity index (χ3v) is 5.57. The average molecular weight is 294 g/mol. The van der Waals surface area contributed by atoms with Crippen molar-refractivity contribution in [3.63, 3.8) is 0 Å². The van der Waals surface area contributed by atoms with Crippen LogP contribution in [0.4, 0.5) is 0 Å². The van der Waals surface area contributed by atoms with Crippen molar-refractivity contribution in [3.8, 4) is 0 Å². The summed E-state index contributed by atoms with van der Waals surface area (Å²) in [4.78, 5) is 0.232. The fourth-order valence-electron chi connectivity index (χ4n) is 1.62. The molecule has 1 rings (SSSR count). The first-order valence-corrected chi connectivity index (χ1v) is 7.59. The van der Waals surface area contributed by atoms with E-state index in [-0.39, 0.29) is 10.3 Å². The molecule has 0 aliphatic carbocycles. The van der Waals surface area contributed by atoms with Crippen LogP contribution in [0.3, 0.4) is 0 Å². The third-order valence-electron chi connectivity index (χ3n) is 3.10. The average Bonchev–Trinajstić information content (AvgIpc) is 2.38. The van der Waals surface area contributed by atoms with Crippen LogP contribution in [0, 0.1) is 13.8 Å². The van der Waals surface area contributed by atoms with Crippen LogP contribution < -0.4 is 4.72 Å². The van der Waals surface area contributed by atoms with Crippen LogP contribution in [0.1, 0.15) is 32.2 Å². The van der Waals surface area contributed by atoms with Crippen molar-refractivity contribution in [1.82, 2.24) is 14.5 Å². The summed E-state index contributed by atoms with van der Waals surface area (Å²) in [5.74, 6) is 0. The first-order valence-electron chi connectivity index (χ1n) is 5.67. The molecule has 0 aliphatic rings. The van der Waals surface area contributed by atoms with E-state index in [1.54, 1.807) is 46.3 Å². The van der Waals surface area contributed by atoms with Gasteiger partial charge in [-0.15, -0.1) is 11.6 Å². The van der Waals surface area contributed by atoms with Gasteiger partial charge in [-0.2, -0.15) is 5.10 Å². The van der Waals surface area contributed by atoms with Crippen molar-refractivity contribution in [2.75, 3.05) is 0 Å². The first-order chi connectivity index (χ1) is 7.99. The zero-order valence-electron chi connectivity index (χ0n) is 11.6. The lowest BCUT2D eigenvalue weighted by molar-refractivity contribution is 0.445. The molecule has 0 amide bonds. The molecule has 104 valence electrons. The van der Waals surface area contributed by atoms with E-state index in [1.807, 2.05) is 0 Å². The number of alkyl halides is 1. The highest BCUT2D eigenvalue weighted by atomic mass is 35.5. The maximum absolute atomic E-state index is 12.4. The van der Waals surface area contributed by atoms with Crippen molar-refractivity contribution in [1.29, 1.82) is 0 Å². The first kappa shape index (κ1) is 15.5. The van der Waals surface area contributed by atoms with E-state index in [0.717, 1.165) is 0 Å². The van der Waals surface area contributed by atoms with Crippen LogP contribution in [0.25, 0.3) is 0 Å². The molecule has 0 saturated heterocycles. The zero-order valence-corrected chi connectivity index (χ0v) is 13.1. The van der Waals surface area contributed by atoms with E-state index < -0.39 is 15.6 Å². The third kappa shape index (κ3) is 2.87. The number of sulfonamides is 1. The molecular formula is C11H20ClN3O2S. The minimum absolute atomic E-state index is 0.232. The minimum Gasteiger partial charge on any atom is -0.271 e. The van der Waals surface area contributed by atoms with Crippen molar-refractivity contribution < 1.29 is 8.42 Å². The molecule has 18 heavy (non-hydrogen) atoms. The molecule has 5 nitrogen and oxygen atoms in total. The smallest absolute Gasteiger partial charge is 0.244 e. The Morgan fingerprint density at radius 2 is 1.89 bits per heavy atom. The van der Waals surface area contributed by atoms with Gasteiger partial charge in [0, 0.05) is 18.0 Å². The molecule has 1 atom stereocenters. The van der Waals surface area contributed by atoms with E-state index in [0.29, 0.717) is 11.4 Å². The summed E-state index contributed by atoms with van der Waals surface area (Å²) in [7, 11) is -1.90. The molecule has 0 aliphatic heterocycles. The van der Waals surface area contributed by atoms with E-state index in [2.05, 4.69) is 9.82 Å². The Morgan fingerprint density at radius 3 is 2.22 bits per heavy atom. The number of hydrogen-bond donors (Lipinski definition) is 1. The Labute approximate surface area is 114 Å². The van der Waals surface area contributed by atoms with Gasteiger partial charge in [-0.1, -0.05) is 0 Å². The predicted molar refractivity (Wildman–Crippen MR) is 72.4 cm³/mol. The van der Waals surface area contributed by atoms with Gasteiger partial charge in [0.25, 0.3) is 0 Å². The lowest BCUT2D eigenvalue weighted by Gasteiger charge is -2.28. The van der Waals surface area contributed by atoms with Crippen LogP contribution in [0.2, 0.25) is 0 Å². The molecule has 1 heterocycles. The van der Waals surface area contributed by atoms with Gasteiger partial charge in [-0.05, 0) is 34.6 Å². The lowest BCUT2D eigenvalue weighted by Crippen LogP contribution is -2.49. The van der Waals surface area contributed by atoms with Gasteiger partial charge >= 0.3 is 0 Å². The Bertz CT molecular complexity index is 547. The number of hydrogen-bond acceptors (Lipinski definition) is 3. The summed E-state index contributed by atoms with van der Waals surface area (Å²) in [6.07, 6.45) is 0. The molecule has 0 spiro atoms. The molecule has 7 heteroatoms. The van der Waals surface area contributed by atoms with Gasteiger partial charge in [0.1, 0.15) is 4.90 Å². The molecule has 1 N–H and O–H groups in total. The Morgan fingerprint density at radius 1 is 1.39 bits per heavy atom. The Hall–Kier alpha value is -0.590.